The molecule has 2 heterocycles. The molecule has 1 amide bonds. The summed E-state index contributed by atoms with van der Waals surface area (Å²) in [5.41, 5.74) is 3.62. The summed E-state index contributed by atoms with van der Waals surface area (Å²) in [6.07, 6.45) is 8.53. The number of nitrogens with zero attached hydrogens (tertiary/aromatic N) is 2. The van der Waals surface area contributed by atoms with E-state index in [4.69, 9.17) is 28.3 Å². The lowest BCUT2D eigenvalue weighted by Gasteiger charge is -2.09. The lowest BCUT2D eigenvalue weighted by Crippen LogP contribution is -2.24. The van der Waals surface area contributed by atoms with Crippen LogP contribution in [0.15, 0.2) is 36.4 Å². The summed E-state index contributed by atoms with van der Waals surface area (Å²) >= 11 is 14.4. The lowest BCUT2D eigenvalue weighted by atomic mass is 10.1. The number of amides is 1. The van der Waals surface area contributed by atoms with Crippen LogP contribution in [0.4, 0.5) is 0 Å². The molecule has 0 spiro atoms. The second-order valence-electron chi connectivity index (χ2n) is 7.81. The highest BCUT2D eigenvalue weighted by atomic mass is 35.5. The van der Waals surface area contributed by atoms with Gasteiger partial charge in [-0.1, -0.05) is 42.6 Å². The maximum absolute atomic E-state index is 12.2. The first kappa shape index (κ1) is 22.1. The van der Waals surface area contributed by atoms with Crippen LogP contribution in [0.1, 0.15) is 48.7 Å². The van der Waals surface area contributed by atoms with E-state index in [1.807, 2.05) is 23.7 Å². The molecule has 0 bridgehead atoms. The average molecular weight is 474 g/mol. The Hall–Kier alpha value is -2.08. The van der Waals surface area contributed by atoms with Crippen LogP contribution in [-0.4, -0.2) is 15.7 Å². The van der Waals surface area contributed by atoms with Crippen LogP contribution in [0.5, 0.6) is 0 Å². The molecule has 0 unspecified atom stereocenters. The van der Waals surface area contributed by atoms with Crippen molar-refractivity contribution in [3.8, 4) is 16.3 Å². The summed E-state index contributed by atoms with van der Waals surface area (Å²) in [4.78, 5) is 14.5. The normalized spacial score (nSPS) is 13.8. The van der Waals surface area contributed by atoms with Crippen LogP contribution in [-0.2, 0) is 11.3 Å². The zero-order chi connectivity index (χ0) is 22.0. The van der Waals surface area contributed by atoms with Gasteiger partial charge in [-0.15, -0.1) is 11.3 Å². The van der Waals surface area contributed by atoms with Crippen LogP contribution in [0.2, 0.25) is 10.0 Å². The zero-order valence-corrected chi connectivity index (χ0v) is 19.9. The fourth-order valence-corrected chi connectivity index (χ4v) is 4.94. The number of thiophene rings is 1. The number of aromatic nitrogens is 2. The summed E-state index contributed by atoms with van der Waals surface area (Å²) in [5.74, 6) is 0.279. The molecule has 162 valence electrons. The van der Waals surface area contributed by atoms with Crippen molar-refractivity contribution in [2.45, 2.75) is 46.1 Å². The molecular weight excluding hydrogens is 449 g/mol. The third-order valence-corrected chi connectivity index (χ3v) is 6.93. The van der Waals surface area contributed by atoms with Crippen molar-refractivity contribution in [1.29, 1.82) is 0 Å². The van der Waals surface area contributed by atoms with Gasteiger partial charge < -0.3 is 5.32 Å². The molecule has 3 aromatic rings. The van der Waals surface area contributed by atoms with Crippen LogP contribution in [0.25, 0.3) is 22.3 Å². The monoisotopic (exact) mass is 473 g/mol. The van der Waals surface area contributed by atoms with Crippen molar-refractivity contribution in [2.24, 2.45) is 5.92 Å². The van der Waals surface area contributed by atoms with Crippen LogP contribution in [0, 0.1) is 12.8 Å². The number of nitrogens with one attached hydrogen (secondary N) is 1. The molecule has 1 N–H and O–H groups in total. The van der Waals surface area contributed by atoms with E-state index in [-0.39, 0.29) is 11.8 Å². The summed E-state index contributed by atoms with van der Waals surface area (Å²) in [6.45, 7) is 4.63. The molecule has 0 aliphatic heterocycles. The smallest absolute Gasteiger partial charge is 0.223 e. The van der Waals surface area contributed by atoms with Gasteiger partial charge in [0.15, 0.2) is 0 Å². The Labute approximate surface area is 196 Å². The first-order valence-corrected chi connectivity index (χ1v) is 12.1. The minimum absolute atomic E-state index is 0.111. The number of benzene rings is 1. The lowest BCUT2D eigenvalue weighted by molar-refractivity contribution is -0.122. The van der Waals surface area contributed by atoms with Gasteiger partial charge in [-0.3, -0.25) is 4.79 Å². The Morgan fingerprint density at radius 2 is 2.10 bits per heavy atom. The molecule has 4 rings (SSSR count). The Bertz CT molecular complexity index is 1130. The van der Waals surface area contributed by atoms with E-state index >= 15 is 0 Å². The van der Waals surface area contributed by atoms with Gasteiger partial charge in [0.05, 0.1) is 33.5 Å². The predicted octanol–water partition coefficient (Wildman–Crippen LogP) is 7.06. The van der Waals surface area contributed by atoms with E-state index in [9.17, 15) is 4.79 Å². The maximum Gasteiger partial charge on any atom is 0.223 e. The van der Waals surface area contributed by atoms with Crippen molar-refractivity contribution < 1.29 is 4.79 Å². The number of unbranched alkanes of at least 4 members (excludes halogenated alkanes) is 1. The van der Waals surface area contributed by atoms with Crippen LogP contribution in [0.3, 0.4) is 0 Å². The van der Waals surface area contributed by atoms with E-state index in [0.717, 1.165) is 53.2 Å². The number of carbonyl (C=O) groups is 1. The molecule has 1 saturated carbocycles. The molecule has 31 heavy (non-hydrogen) atoms. The second kappa shape index (κ2) is 9.60. The fraction of sp³-hybridized carbons (Fsp3) is 0.333. The Kier molecular flexibility index (Phi) is 6.85. The van der Waals surface area contributed by atoms with E-state index in [1.54, 1.807) is 17.4 Å². The van der Waals surface area contributed by atoms with Gasteiger partial charge >= 0.3 is 0 Å². The minimum atomic E-state index is 0.111. The average Bonchev–Trinajstić information content (AvgIpc) is 3.41. The number of hydrogen-bond donors (Lipinski definition) is 1. The van der Waals surface area contributed by atoms with Crippen molar-refractivity contribution in [1.82, 2.24) is 15.1 Å². The van der Waals surface area contributed by atoms with Gasteiger partial charge in [-0.2, -0.15) is 5.10 Å². The predicted molar refractivity (Wildman–Crippen MR) is 130 cm³/mol. The summed E-state index contributed by atoms with van der Waals surface area (Å²) in [6, 6.07) is 9.66. The van der Waals surface area contributed by atoms with Crippen molar-refractivity contribution in [2.75, 3.05) is 0 Å². The van der Waals surface area contributed by atoms with Gasteiger partial charge in [0, 0.05) is 21.4 Å². The second-order valence-corrected chi connectivity index (χ2v) is 9.77. The Morgan fingerprint density at radius 1 is 1.29 bits per heavy atom. The van der Waals surface area contributed by atoms with Crippen LogP contribution < -0.4 is 5.32 Å². The summed E-state index contributed by atoms with van der Waals surface area (Å²) in [5, 5.41) is 8.99. The van der Waals surface area contributed by atoms with Gasteiger partial charge in [0.25, 0.3) is 0 Å². The SMILES string of the molecule is CCCC=Cc1ccc(-c2c(C)c(CNC(=O)C3CC3)nn2-c2ccc(Cl)cc2Cl)s1. The Balaban J connectivity index is 1.73. The number of hydrogen-bond acceptors (Lipinski definition) is 3. The van der Waals surface area contributed by atoms with Crippen LogP contribution >= 0.6 is 34.5 Å². The molecule has 4 nitrogen and oxygen atoms in total. The quantitative estimate of drug-likeness (QED) is 0.380. The van der Waals surface area contributed by atoms with E-state index in [2.05, 4.69) is 36.5 Å². The molecule has 1 aromatic carbocycles. The van der Waals surface area contributed by atoms with E-state index in [1.165, 1.54) is 4.88 Å². The van der Waals surface area contributed by atoms with E-state index in [0.29, 0.717) is 16.6 Å². The number of allylic oxidation sites excluding steroid dienone is 1. The highest BCUT2D eigenvalue weighted by Gasteiger charge is 2.30. The molecule has 2 aromatic heterocycles. The molecule has 1 aliphatic carbocycles. The minimum Gasteiger partial charge on any atom is -0.350 e. The number of rotatable bonds is 8. The first-order valence-electron chi connectivity index (χ1n) is 10.6. The zero-order valence-electron chi connectivity index (χ0n) is 17.6. The molecule has 7 heteroatoms. The topological polar surface area (TPSA) is 46.9 Å². The van der Waals surface area contributed by atoms with E-state index < -0.39 is 0 Å². The molecule has 0 saturated heterocycles. The Morgan fingerprint density at radius 3 is 2.81 bits per heavy atom. The molecular formula is C24H25Cl2N3OS. The van der Waals surface area contributed by atoms with Gasteiger partial charge in [0.2, 0.25) is 5.91 Å². The number of carbonyl (C=O) groups excluding carboxylic acids is 1. The highest BCUT2D eigenvalue weighted by molar-refractivity contribution is 7.16. The molecule has 0 radical (unpaired) electrons. The largest absolute Gasteiger partial charge is 0.350 e. The van der Waals surface area contributed by atoms with Crippen molar-refractivity contribution in [3.63, 3.8) is 0 Å². The van der Waals surface area contributed by atoms with Gasteiger partial charge in [0.1, 0.15) is 0 Å². The summed E-state index contributed by atoms with van der Waals surface area (Å²) in [7, 11) is 0. The van der Waals surface area contributed by atoms with Crippen molar-refractivity contribution >= 4 is 46.5 Å². The highest BCUT2D eigenvalue weighted by Crippen LogP contribution is 2.36. The molecule has 1 fully saturated rings. The number of halogens is 2. The third kappa shape index (κ3) is 5.05. The van der Waals surface area contributed by atoms with Gasteiger partial charge in [-0.25, -0.2) is 4.68 Å². The van der Waals surface area contributed by atoms with Crippen molar-refractivity contribution in [3.05, 3.63) is 62.6 Å². The summed E-state index contributed by atoms with van der Waals surface area (Å²) < 4.78 is 1.87. The molecule has 1 aliphatic rings. The fourth-order valence-electron chi connectivity index (χ4n) is 3.42. The maximum atomic E-state index is 12.2. The molecule has 0 atom stereocenters. The standard InChI is InChI=1S/C24H25Cl2N3OS/c1-3-4-5-6-18-10-12-22(31-18)23-15(2)20(14-27-24(30)16-7-8-16)28-29(23)21-11-9-17(25)13-19(21)26/h5-6,9-13,16H,3-4,7-8,14H2,1-2H3,(H,27,30). The third-order valence-electron chi connectivity index (χ3n) is 5.33. The van der Waals surface area contributed by atoms with Gasteiger partial charge in [-0.05, 0) is 62.6 Å². The first-order chi connectivity index (χ1) is 15.0.